The third-order valence-electron chi connectivity index (χ3n) is 3.41. The van der Waals surface area contributed by atoms with Crippen molar-refractivity contribution in [3.8, 4) is 0 Å². The molecule has 0 fully saturated rings. The molecule has 23 heavy (non-hydrogen) atoms. The van der Waals surface area contributed by atoms with Crippen molar-refractivity contribution in [2.24, 2.45) is 0 Å². The molecule has 0 amide bonds. The number of alkyl halides is 6. The minimum Gasteiger partial charge on any atom is -0.478 e. The Hall–Kier alpha value is -1.81. The molecular weight excluding hydrogens is 334 g/mol. The normalized spacial score (nSPS) is 18.2. The Bertz CT molecular complexity index is 572. The molecule has 1 rings (SSSR count). The third kappa shape index (κ3) is 3.42. The minimum atomic E-state index is -5.27. The van der Waals surface area contributed by atoms with Crippen LogP contribution in [0.4, 0.5) is 26.3 Å². The second-order valence-electron chi connectivity index (χ2n) is 5.24. The molecule has 2 unspecified atom stereocenters. The van der Waals surface area contributed by atoms with Crippen LogP contribution in [0.5, 0.6) is 0 Å². The van der Waals surface area contributed by atoms with Gasteiger partial charge in [-0.15, -0.1) is 0 Å². The Morgan fingerprint density at radius 3 is 1.35 bits per heavy atom. The molecule has 0 bridgehead atoms. The van der Waals surface area contributed by atoms with E-state index < -0.39 is 46.2 Å². The monoisotopic (exact) mass is 346 g/mol. The quantitative estimate of drug-likeness (QED) is 0.736. The van der Waals surface area contributed by atoms with Crippen molar-refractivity contribution < 1.29 is 46.5 Å². The number of carboxylic acid groups (broad SMARTS) is 1. The summed E-state index contributed by atoms with van der Waals surface area (Å²) in [4.78, 5) is 10.9. The van der Waals surface area contributed by atoms with Crippen LogP contribution in [0.25, 0.3) is 0 Å². The molecule has 0 spiro atoms. The van der Waals surface area contributed by atoms with Crippen LogP contribution in [0.1, 0.15) is 35.3 Å². The number of carbonyl (C=O) groups is 1. The summed E-state index contributed by atoms with van der Waals surface area (Å²) in [6, 6.07) is 1.06. The van der Waals surface area contributed by atoms with Crippen LogP contribution in [0.2, 0.25) is 0 Å². The van der Waals surface area contributed by atoms with Gasteiger partial charge in [-0.2, -0.15) is 26.3 Å². The van der Waals surface area contributed by atoms with E-state index in [-0.39, 0.29) is 19.9 Å². The van der Waals surface area contributed by atoms with E-state index in [1.165, 1.54) is 0 Å². The molecular formula is C13H12F6O4. The maximum absolute atomic E-state index is 12.8. The van der Waals surface area contributed by atoms with Crippen molar-refractivity contribution in [1.82, 2.24) is 0 Å². The lowest BCUT2D eigenvalue weighted by molar-refractivity contribution is -0.261. The van der Waals surface area contributed by atoms with Gasteiger partial charge in [0.05, 0.1) is 5.56 Å². The zero-order chi connectivity index (χ0) is 18.4. The molecule has 0 radical (unpaired) electrons. The first-order valence-corrected chi connectivity index (χ1v) is 5.99. The molecule has 1 aromatic rings. The van der Waals surface area contributed by atoms with Gasteiger partial charge in [0.2, 0.25) is 0 Å². The molecule has 0 aliphatic rings. The van der Waals surface area contributed by atoms with Gasteiger partial charge in [0.1, 0.15) is 0 Å². The Kier molecular flexibility index (Phi) is 4.50. The summed E-state index contributed by atoms with van der Waals surface area (Å²) in [5.74, 6) is -1.82. The summed E-state index contributed by atoms with van der Waals surface area (Å²) >= 11 is 0. The Morgan fingerprint density at radius 2 is 1.13 bits per heavy atom. The van der Waals surface area contributed by atoms with Crippen LogP contribution >= 0.6 is 0 Å². The lowest BCUT2D eigenvalue weighted by atomic mass is 9.86. The van der Waals surface area contributed by atoms with Crippen LogP contribution in [0.15, 0.2) is 18.2 Å². The first-order chi connectivity index (χ1) is 10.0. The van der Waals surface area contributed by atoms with E-state index >= 15 is 0 Å². The molecule has 4 nitrogen and oxygen atoms in total. The summed E-state index contributed by atoms with van der Waals surface area (Å²) in [7, 11) is 0. The smallest absolute Gasteiger partial charge is 0.421 e. The Labute approximate surface area is 126 Å². The number of rotatable bonds is 3. The highest BCUT2D eigenvalue weighted by Crippen LogP contribution is 2.43. The minimum absolute atomic E-state index is 0.264. The molecule has 3 N–H and O–H groups in total. The number of carboxylic acids is 1. The fourth-order valence-electron chi connectivity index (χ4n) is 1.64. The molecule has 2 atom stereocenters. The number of halogens is 6. The molecule has 130 valence electrons. The highest BCUT2D eigenvalue weighted by atomic mass is 19.4. The van der Waals surface area contributed by atoms with E-state index in [1.54, 1.807) is 0 Å². The highest BCUT2D eigenvalue weighted by Gasteiger charge is 2.54. The van der Waals surface area contributed by atoms with Crippen LogP contribution in [-0.2, 0) is 11.2 Å². The van der Waals surface area contributed by atoms with Crippen molar-refractivity contribution in [2.75, 3.05) is 0 Å². The largest absolute Gasteiger partial charge is 0.478 e. The summed E-state index contributed by atoms with van der Waals surface area (Å²) in [6.45, 7) is 0.528. The van der Waals surface area contributed by atoms with Gasteiger partial charge in [-0.3, -0.25) is 0 Å². The van der Waals surface area contributed by atoms with Gasteiger partial charge in [0.25, 0.3) is 0 Å². The molecule has 0 aliphatic heterocycles. The molecule has 10 heteroatoms. The van der Waals surface area contributed by atoms with E-state index in [4.69, 9.17) is 5.11 Å². The first-order valence-electron chi connectivity index (χ1n) is 5.99. The van der Waals surface area contributed by atoms with Gasteiger partial charge >= 0.3 is 18.3 Å². The van der Waals surface area contributed by atoms with Crippen LogP contribution in [-0.4, -0.2) is 33.6 Å². The fraction of sp³-hybridized carbons (Fsp3) is 0.462. The van der Waals surface area contributed by atoms with E-state index in [0.29, 0.717) is 12.1 Å². The van der Waals surface area contributed by atoms with Gasteiger partial charge in [-0.25, -0.2) is 4.79 Å². The van der Waals surface area contributed by atoms with E-state index in [1.807, 2.05) is 0 Å². The second-order valence-corrected chi connectivity index (χ2v) is 5.24. The summed E-state index contributed by atoms with van der Waals surface area (Å²) in [6.07, 6.45) is -10.5. The van der Waals surface area contributed by atoms with Gasteiger partial charge < -0.3 is 15.3 Å². The van der Waals surface area contributed by atoms with Crippen molar-refractivity contribution in [3.63, 3.8) is 0 Å². The second kappa shape index (κ2) is 5.38. The van der Waals surface area contributed by atoms with Crippen molar-refractivity contribution in [2.45, 2.75) is 37.4 Å². The average Bonchev–Trinajstić information content (AvgIpc) is 2.35. The maximum Gasteiger partial charge on any atom is 0.421 e. The molecule has 0 saturated carbocycles. The maximum atomic E-state index is 12.8. The fourth-order valence-corrected chi connectivity index (χ4v) is 1.64. The molecule has 0 heterocycles. The lowest BCUT2D eigenvalue weighted by Gasteiger charge is -2.31. The van der Waals surface area contributed by atoms with Crippen LogP contribution in [0.3, 0.4) is 0 Å². The standard InChI is InChI=1S/C13H12F6O4/c1-10(22,12(14,15)16)7-3-6(9(20)21)4-8(5-7)11(2,23)13(17,18)19/h3-5,22-23H,1-2H3,(H,20,21). The van der Waals surface area contributed by atoms with Gasteiger partial charge in [0, 0.05) is 0 Å². The van der Waals surface area contributed by atoms with E-state index in [0.717, 1.165) is 0 Å². The van der Waals surface area contributed by atoms with Crippen LogP contribution in [0, 0.1) is 0 Å². The van der Waals surface area contributed by atoms with Crippen molar-refractivity contribution in [1.29, 1.82) is 0 Å². The Morgan fingerprint density at radius 1 is 0.826 bits per heavy atom. The van der Waals surface area contributed by atoms with Crippen molar-refractivity contribution >= 4 is 5.97 Å². The van der Waals surface area contributed by atoms with Gasteiger partial charge in [0.15, 0.2) is 11.2 Å². The third-order valence-corrected chi connectivity index (χ3v) is 3.41. The van der Waals surface area contributed by atoms with Gasteiger partial charge in [-0.1, -0.05) is 0 Å². The number of benzene rings is 1. The van der Waals surface area contributed by atoms with E-state index in [2.05, 4.69) is 0 Å². The zero-order valence-corrected chi connectivity index (χ0v) is 11.7. The number of aliphatic hydroxyl groups is 2. The lowest BCUT2D eigenvalue weighted by Crippen LogP contribution is -2.42. The number of hydrogen-bond acceptors (Lipinski definition) is 3. The SMILES string of the molecule is CC(O)(c1cc(C(=O)O)cc(C(C)(O)C(F)(F)F)c1)C(F)(F)F. The van der Waals surface area contributed by atoms with Crippen molar-refractivity contribution in [3.05, 3.63) is 34.9 Å². The Balaban J connectivity index is 3.68. The molecule has 0 aliphatic carbocycles. The molecule has 1 aromatic carbocycles. The number of aromatic carboxylic acids is 1. The average molecular weight is 346 g/mol. The van der Waals surface area contributed by atoms with E-state index in [9.17, 15) is 41.4 Å². The van der Waals surface area contributed by atoms with Crippen LogP contribution < -0.4 is 0 Å². The zero-order valence-electron chi connectivity index (χ0n) is 11.7. The van der Waals surface area contributed by atoms with Gasteiger partial charge in [-0.05, 0) is 43.2 Å². The highest BCUT2D eigenvalue weighted by molar-refractivity contribution is 5.88. The topological polar surface area (TPSA) is 77.8 Å². The summed E-state index contributed by atoms with van der Waals surface area (Å²) in [5, 5.41) is 27.9. The first kappa shape index (κ1) is 19.2. The number of hydrogen-bond donors (Lipinski definition) is 3. The summed E-state index contributed by atoms with van der Waals surface area (Å²) in [5.41, 5.74) is -10.4. The molecule has 0 saturated heterocycles. The predicted octanol–water partition coefficient (Wildman–Crippen LogP) is 2.92. The predicted molar refractivity (Wildman–Crippen MR) is 64.7 cm³/mol. The summed E-state index contributed by atoms with van der Waals surface area (Å²) < 4.78 is 77.0. The molecule has 0 aromatic heterocycles.